The summed E-state index contributed by atoms with van der Waals surface area (Å²) in [4.78, 5) is 68.7. The lowest BCUT2D eigenvalue weighted by molar-refractivity contribution is -0.140. The van der Waals surface area contributed by atoms with E-state index in [0.717, 1.165) is 28.1 Å². The van der Waals surface area contributed by atoms with Crippen molar-refractivity contribution in [3.63, 3.8) is 0 Å². The predicted octanol–water partition coefficient (Wildman–Crippen LogP) is 5.46. The molecule has 4 amide bonds. The summed E-state index contributed by atoms with van der Waals surface area (Å²) < 4.78 is 49.4. The number of hydrogen-bond acceptors (Lipinski definition) is 12. The molecule has 3 fully saturated rings. The number of rotatable bonds is 7. The third-order valence-electron chi connectivity index (χ3n) is 11.6. The Labute approximate surface area is 342 Å². The molecule has 0 radical (unpaired) electrons. The molecule has 5 aliphatic rings. The lowest BCUT2D eigenvalue weighted by Crippen LogP contribution is -2.57. The van der Waals surface area contributed by atoms with Gasteiger partial charge in [0.2, 0.25) is 21.8 Å². The van der Waals surface area contributed by atoms with E-state index in [-0.39, 0.29) is 32.5 Å². The van der Waals surface area contributed by atoms with Crippen molar-refractivity contribution in [1.29, 1.82) is 0 Å². The molecule has 0 unspecified atom stereocenters. The molecule has 3 N–H and O–H groups in total. The van der Waals surface area contributed by atoms with Crippen LogP contribution >= 0.6 is 22.7 Å². The van der Waals surface area contributed by atoms with Gasteiger partial charge in [-0.3, -0.25) is 24.0 Å². The van der Waals surface area contributed by atoms with Gasteiger partial charge in [-0.05, 0) is 62.3 Å². The molecule has 2 aromatic carbocycles. The molecule has 9 rings (SSSR count). The lowest BCUT2D eigenvalue weighted by Gasteiger charge is -2.29. The van der Waals surface area contributed by atoms with E-state index in [0.29, 0.717) is 54.1 Å². The maximum absolute atomic E-state index is 14.7. The molecule has 2 aromatic heterocycles. The standard InChI is InChI=1S/C40H42FN7O7S3/c41-28-11-8-9-23-19-47(21-27(23)28)39(52)55-25-17-32-34(49)45-40(37(51)46-58(53,54)26-15-16-26)18-24(40)10-4-2-1-3-5-13-30(36(50)48(32)20-25)43-38-44-31(22-56-38)35-42-29-12-6-7-14-33(29)57-35/h4,6-12,14,22,24-26,30,32H,1-3,5,13,15-21H2,(H,43,44)(H,45,49)(H,46,51)/b10-4-/t24-,25+,30-,32-,40+/m0/s1. The largest absolute Gasteiger partial charge is 0.444 e. The van der Waals surface area contributed by atoms with Gasteiger partial charge in [-0.2, -0.15) is 0 Å². The molecule has 14 nitrogen and oxygen atoms in total. The van der Waals surface area contributed by atoms with Crippen LogP contribution in [0.15, 0.2) is 60.0 Å². The highest BCUT2D eigenvalue weighted by molar-refractivity contribution is 7.91. The zero-order chi connectivity index (χ0) is 40.2. The number of nitrogens with one attached hydrogen (secondary N) is 3. The van der Waals surface area contributed by atoms with Crippen molar-refractivity contribution >= 4 is 71.9 Å². The summed E-state index contributed by atoms with van der Waals surface area (Å²) in [6.45, 7) is 0.0684. The predicted molar refractivity (Wildman–Crippen MR) is 215 cm³/mol. The number of allylic oxidation sites excluding steroid dienone is 1. The van der Waals surface area contributed by atoms with Crippen molar-refractivity contribution in [3.8, 4) is 10.7 Å². The molecule has 304 valence electrons. The maximum atomic E-state index is 14.7. The Morgan fingerprint density at radius 2 is 1.86 bits per heavy atom. The Bertz CT molecular complexity index is 2400. The summed E-state index contributed by atoms with van der Waals surface area (Å²) in [5.74, 6) is -2.72. The number of nitrogens with zero attached hydrogens (tertiary/aromatic N) is 4. The molecule has 18 heteroatoms. The van der Waals surface area contributed by atoms with Crippen LogP contribution in [0.1, 0.15) is 68.9 Å². The van der Waals surface area contributed by atoms with Gasteiger partial charge >= 0.3 is 6.09 Å². The van der Waals surface area contributed by atoms with Gasteiger partial charge in [-0.15, -0.1) is 22.7 Å². The van der Waals surface area contributed by atoms with Crippen LogP contribution in [0.5, 0.6) is 0 Å². The number of benzene rings is 2. The van der Waals surface area contributed by atoms with Crippen molar-refractivity contribution in [2.75, 3.05) is 11.9 Å². The highest BCUT2D eigenvalue weighted by Crippen LogP contribution is 2.46. The molecule has 5 atom stereocenters. The summed E-state index contributed by atoms with van der Waals surface area (Å²) >= 11 is 2.86. The van der Waals surface area contributed by atoms with Crippen LogP contribution in [-0.4, -0.2) is 87.5 Å². The van der Waals surface area contributed by atoms with Crippen molar-refractivity contribution in [2.45, 2.75) is 99.9 Å². The number of fused-ring (bicyclic) bond motifs is 4. The quantitative estimate of drug-likeness (QED) is 0.202. The molecule has 2 aliphatic carbocycles. The SMILES string of the molecule is O=C1N[C@]2(C(=O)NS(=O)(=O)C3CC3)C[C@@H]2/C=C\CCCCC[C@H](Nc2nc(-c3nc4ccccc4s3)cs2)C(=O)N2C[C@H](OC(=O)N3Cc4cccc(F)c4C3)C[C@@H]12. The summed E-state index contributed by atoms with van der Waals surface area (Å²) in [7, 11) is -3.91. The van der Waals surface area contributed by atoms with Crippen LogP contribution in [0.3, 0.4) is 0 Å². The second kappa shape index (κ2) is 15.3. The minimum absolute atomic E-state index is 0.0231. The van der Waals surface area contributed by atoms with Gasteiger partial charge in [0.15, 0.2) is 5.13 Å². The van der Waals surface area contributed by atoms with Gasteiger partial charge in [0.05, 0.1) is 28.6 Å². The monoisotopic (exact) mass is 847 g/mol. The molecule has 4 aromatic rings. The molecule has 5 heterocycles. The second-order valence-corrected chi connectivity index (χ2v) is 19.6. The maximum Gasteiger partial charge on any atom is 0.410 e. The molecule has 58 heavy (non-hydrogen) atoms. The van der Waals surface area contributed by atoms with E-state index in [1.54, 1.807) is 12.1 Å². The van der Waals surface area contributed by atoms with Crippen molar-refractivity contribution in [3.05, 3.63) is 76.9 Å². The van der Waals surface area contributed by atoms with Crippen LogP contribution in [0.2, 0.25) is 0 Å². The lowest BCUT2D eigenvalue weighted by atomic mass is 10.1. The zero-order valence-electron chi connectivity index (χ0n) is 31.4. The number of sulfonamides is 1. The normalized spacial score (nSPS) is 26.8. The van der Waals surface area contributed by atoms with E-state index < -0.39 is 74.5 Å². The average molecular weight is 848 g/mol. The van der Waals surface area contributed by atoms with Gasteiger partial charge < -0.3 is 20.3 Å². The second-order valence-electron chi connectivity index (χ2n) is 15.7. The Kier molecular flexibility index (Phi) is 10.2. The first-order valence-electron chi connectivity index (χ1n) is 19.6. The van der Waals surface area contributed by atoms with E-state index in [2.05, 4.69) is 15.4 Å². The summed E-state index contributed by atoms with van der Waals surface area (Å²) in [6, 6.07) is 10.5. The van der Waals surface area contributed by atoms with Crippen molar-refractivity contribution in [2.24, 2.45) is 5.92 Å². The fourth-order valence-corrected chi connectivity index (χ4v) is 11.3. The highest BCUT2D eigenvalue weighted by Gasteiger charge is 2.62. The summed E-state index contributed by atoms with van der Waals surface area (Å²) in [5, 5.41) is 8.70. The summed E-state index contributed by atoms with van der Waals surface area (Å²) in [6.07, 6.45) is 6.72. The van der Waals surface area contributed by atoms with E-state index in [1.165, 1.54) is 38.5 Å². The third kappa shape index (κ3) is 7.68. The van der Waals surface area contributed by atoms with E-state index >= 15 is 0 Å². The number of halogens is 1. The minimum Gasteiger partial charge on any atom is -0.444 e. The van der Waals surface area contributed by atoms with Crippen LogP contribution < -0.4 is 15.4 Å². The first kappa shape index (κ1) is 38.6. The van der Waals surface area contributed by atoms with Crippen LogP contribution in [0, 0.1) is 11.7 Å². The Morgan fingerprint density at radius 1 is 1.02 bits per heavy atom. The smallest absolute Gasteiger partial charge is 0.410 e. The van der Waals surface area contributed by atoms with Crippen molar-refractivity contribution in [1.82, 2.24) is 29.8 Å². The Hall–Kier alpha value is -4.94. The van der Waals surface area contributed by atoms with Crippen molar-refractivity contribution < 1.29 is 36.7 Å². The molecular formula is C40H42FN7O7S3. The molecule has 0 bridgehead atoms. The van der Waals surface area contributed by atoms with Gasteiger partial charge in [0, 0.05) is 29.8 Å². The fraction of sp³-hybridized carbons (Fsp3) is 0.450. The number of anilines is 1. The van der Waals surface area contributed by atoms with Crippen LogP contribution in [-0.2, 0) is 42.2 Å². The van der Waals surface area contributed by atoms with Crippen LogP contribution in [0.25, 0.3) is 20.9 Å². The van der Waals surface area contributed by atoms with E-state index in [9.17, 15) is 32.0 Å². The minimum atomic E-state index is -3.91. The number of hydrogen-bond donors (Lipinski definition) is 3. The third-order valence-corrected chi connectivity index (χ3v) is 15.3. The molecule has 3 aliphatic heterocycles. The van der Waals surface area contributed by atoms with E-state index in [1.807, 2.05) is 41.8 Å². The Balaban J connectivity index is 0.982. The number of aromatic nitrogens is 2. The first-order valence-corrected chi connectivity index (χ1v) is 22.9. The number of thiazole rings is 2. The Morgan fingerprint density at radius 3 is 2.67 bits per heavy atom. The highest BCUT2D eigenvalue weighted by atomic mass is 32.2. The molecule has 2 saturated carbocycles. The molecule has 0 spiro atoms. The van der Waals surface area contributed by atoms with Gasteiger partial charge in [0.1, 0.15) is 40.2 Å². The van der Waals surface area contributed by atoms with Gasteiger partial charge in [-0.25, -0.2) is 27.6 Å². The number of carbonyl (C=O) groups is 4. The summed E-state index contributed by atoms with van der Waals surface area (Å²) in [5.41, 5.74) is 1.10. The number of para-hydroxylation sites is 1. The number of carbonyl (C=O) groups excluding carboxylic acids is 4. The number of amides is 4. The van der Waals surface area contributed by atoms with Gasteiger partial charge in [-0.1, -0.05) is 49.3 Å². The number of ether oxygens (including phenoxy) is 1. The first-order chi connectivity index (χ1) is 28.0. The molecule has 1 saturated heterocycles. The fourth-order valence-electron chi connectivity index (χ4n) is 8.14. The molecular weight excluding hydrogens is 806 g/mol. The average Bonchev–Trinajstić information content (AvgIpc) is 3.87. The van der Waals surface area contributed by atoms with Crippen LogP contribution in [0.4, 0.5) is 14.3 Å². The van der Waals surface area contributed by atoms with E-state index in [4.69, 9.17) is 14.7 Å². The topological polar surface area (TPSA) is 180 Å². The zero-order valence-corrected chi connectivity index (χ0v) is 33.8. The van der Waals surface area contributed by atoms with Gasteiger partial charge in [0.25, 0.3) is 5.91 Å².